The zero-order chi connectivity index (χ0) is 15.6. The maximum absolute atomic E-state index is 11.0. The summed E-state index contributed by atoms with van der Waals surface area (Å²) in [5.41, 5.74) is 1.19. The summed E-state index contributed by atoms with van der Waals surface area (Å²) >= 11 is 0. The maximum Gasteiger partial charge on any atom is 0.335 e. The minimum absolute atomic E-state index is 0.0421. The molecule has 0 aliphatic carbocycles. The van der Waals surface area contributed by atoms with E-state index < -0.39 is 10.9 Å². The van der Waals surface area contributed by atoms with E-state index in [0.29, 0.717) is 17.1 Å². The highest BCUT2D eigenvalue weighted by Crippen LogP contribution is 2.32. The van der Waals surface area contributed by atoms with Gasteiger partial charge in [0.1, 0.15) is 11.5 Å². The van der Waals surface area contributed by atoms with Crippen molar-refractivity contribution >= 4 is 11.7 Å². The third kappa shape index (κ3) is 3.00. The number of aromatic carboxylic acids is 1. The predicted molar refractivity (Wildman–Crippen MR) is 76.0 cm³/mol. The van der Waals surface area contributed by atoms with Crippen LogP contribution in [-0.4, -0.2) is 16.0 Å². The molecule has 0 atom stereocenters. The molecular formula is C15H13NO5. The normalized spacial score (nSPS) is 10.2. The highest BCUT2D eigenvalue weighted by atomic mass is 16.6. The molecule has 1 N–H and O–H groups in total. The Bertz CT molecular complexity index is 724. The summed E-state index contributed by atoms with van der Waals surface area (Å²) < 4.78 is 5.65. The van der Waals surface area contributed by atoms with Crippen LogP contribution in [0.1, 0.15) is 21.5 Å². The van der Waals surface area contributed by atoms with E-state index in [-0.39, 0.29) is 11.3 Å². The zero-order valence-corrected chi connectivity index (χ0v) is 11.5. The standard InChI is InChI=1S/C15H13NO5/c1-9-6-7-11(15(17)18)8-14(9)21-13-5-3-4-12(10(13)2)16(19)20/h3-8H,1-2H3,(H,17,18). The van der Waals surface area contributed by atoms with Crippen molar-refractivity contribution in [3.05, 3.63) is 63.2 Å². The van der Waals surface area contributed by atoms with Gasteiger partial charge in [0.05, 0.1) is 16.1 Å². The molecule has 2 rings (SSSR count). The van der Waals surface area contributed by atoms with Gasteiger partial charge in [-0.15, -0.1) is 0 Å². The van der Waals surface area contributed by atoms with Crippen molar-refractivity contribution in [1.29, 1.82) is 0 Å². The van der Waals surface area contributed by atoms with Gasteiger partial charge in [0.2, 0.25) is 0 Å². The van der Waals surface area contributed by atoms with Crippen LogP contribution >= 0.6 is 0 Å². The van der Waals surface area contributed by atoms with Gasteiger partial charge in [-0.3, -0.25) is 10.1 Å². The smallest absolute Gasteiger partial charge is 0.335 e. The number of rotatable bonds is 4. The molecule has 0 bridgehead atoms. The quantitative estimate of drug-likeness (QED) is 0.684. The third-order valence-electron chi connectivity index (χ3n) is 3.11. The number of nitro groups is 1. The summed E-state index contributed by atoms with van der Waals surface area (Å²) in [6.07, 6.45) is 0. The summed E-state index contributed by atoms with van der Waals surface area (Å²) in [7, 11) is 0. The molecule has 6 nitrogen and oxygen atoms in total. The zero-order valence-electron chi connectivity index (χ0n) is 11.5. The lowest BCUT2D eigenvalue weighted by molar-refractivity contribution is -0.385. The van der Waals surface area contributed by atoms with Gasteiger partial charge in [-0.1, -0.05) is 12.1 Å². The minimum Gasteiger partial charge on any atom is -0.478 e. The van der Waals surface area contributed by atoms with Crippen LogP contribution in [0.3, 0.4) is 0 Å². The second kappa shape index (κ2) is 5.62. The number of benzene rings is 2. The molecule has 0 unspecified atom stereocenters. The molecule has 0 aromatic heterocycles. The van der Waals surface area contributed by atoms with Gasteiger partial charge in [0.15, 0.2) is 0 Å². The molecule has 108 valence electrons. The monoisotopic (exact) mass is 287 g/mol. The Morgan fingerprint density at radius 1 is 1.19 bits per heavy atom. The van der Waals surface area contributed by atoms with E-state index >= 15 is 0 Å². The van der Waals surface area contributed by atoms with Gasteiger partial charge >= 0.3 is 5.97 Å². The molecule has 0 radical (unpaired) electrons. The summed E-state index contributed by atoms with van der Waals surface area (Å²) in [5.74, 6) is -0.371. The maximum atomic E-state index is 11.0. The highest BCUT2D eigenvalue weighted by Gasteiger charge is 2.16. The first-order chi connectivity index (χ1) is 9.90. The van der Waals surface area contributed by atoms with E-state index in [0.717, 1.165) is 5.56 Å². The number of aryl methyl sites for hydroxylation is 1. The van der Waals surface area contributed by atoms with E-state index in [1.165, 1.54) is 24.3 Å². The fourth-order valence-corrected chi connectivity index (χ4v) is 1.87. The van der Waals surface area contributed by atoms with Gasteiger partial charge in [-0.2, -0.15) is 0 Å². The highest BCUT2D eigenvalue weighted by molar-refractivity contribution is 5.88. The molecule has 0 aliphatic rings. The second-order valence-corrected chi connectivity index (χ2v) is 4.54. The largest absolute Gasteiger partial charge is 0.478 e. The molecule has 0 aliphatic heterocycles. The molecule has 0 amide bonds. The van der Waals surface area contributed by atoms with Crippen molar-refractivity contribution in [3.8, 4) is 11.5 Å². The lowest BCUT2D eigenvalue weighted by atomic mass is 10.1. The van der Waals surface area contributed by atoms with E-state index in [2.05, 4.69) is 0 Å². The van der Waals surface area contributed by atoms with Gasteiger partial charge < -0.3 is 9.84 Å². The lowest BCUT2D eigenvalue weighted by Gasteiger charge is -2.11. The third-order valence-corrected chi connectivity index (χ3v) is 3.11. The van der Waals surface area contributed by atoms with Gasteiger partial charge in [-0.25, -0.2) is 4.79 Å². The number of hydrogen-bond donors (Lipinski definition) is 1. The van der Waals surface area contributed by atoms with Gasteiger partial charge in [0.25, 0.3) is 5.69 Å². The average Bonchev–Trinajstić information content (AvgIpc) is 2.42. The Labute approximate surface area is 120 Å². The molecule has 0 fully saturated rings. The van der Waals surface area contributed by atoms with Crippen molar-refractivity contribution in [1.82, 2.24) is 0 Å². The van der Waals surface area contributed by atoms with Gasteiger partial charge in [0, 0.05) is 6.07 Å². The number of nitrogens with zero attached hydrogens (tertiary/aromatic N) is 1. The van der Waals surface area contributed by atoms with E-state index in [9.17, 15) is 14.9 Å². The Morgan fingerprint density at radius 3 is 2.52 bits per heavy atom. The van der Waals surface area contributed by atoms with Crippen molar-refractivity contribution in [2.45, 2.75) is 13.8 Å². The second-order valence-electron chi connectivity index (χ2n) is 4.54. The first-order valence-electron chi connectivity index (χ1n) is 6.16. The van der Waals surface area contributed by atoms with Crippen LogP contribution in [-0.2, 0) is 0 Å². The topological polar surface area (TPSA) is 89.7 Å². The Kier molecular flexibility index (Phi) is 3.89. The molecule has 6 heteroatoms. The summed E-state index contributed by atoms with van der Waals surface area (Å²) in [6, 6.07) is 9.03. The van der Waals surface area contributed by atoms with Crippen LogP contribution < -0.4 is 4.74 Å². The van der Waals surface area contributed by atoms with Crippen LogP contribution in [0.5, 0.6) is 11.5 Å². The van der Waals surface area contributed by atoms with Crippen LogP contribution in [0.2, 0.25) is 0 Å². The van der Waals surface area contributed by atoms with Crippen molar-refractivity contribution in [2.24, 2.45) is 0 Å². The number of hydrogen-bond acceptors (Lipinski definition) is 4. The predicted octanol–water partition coefficient (Wildman–Crippen LogP) is 3.70. The summed E-state index contributed by atoms with van der Waals surface area (Å²) in [6.45, 7) is 3.36. The molecule has 21 heavy (non-hydrogen) atoms. The van der Waals surface area contributed by atoms with Crippen molar-refractivity contribution in [3.63, 3.8) is 0 Å². The van der Waals surface area contributed by atoms with Crippen LogP contribution in [0.25, 0.3) is 0 Å². The molecule has 0 saturated carbocycles. The number of ether oxygens (including phenoxy) is 1. The first kappa shape index (κ1) is 14.5. The van der Waals surface area contributed by atoms with E-state index in [1.54, 1.807) is 26.0 Å². The molecule has 0 saturated heterocycles. The fourth-order valence-electron chi connectivity index (χ4n) is 1.87. The minimum atomic E-state index is -1.06. The Balaban J connectivity index is 2.43. The first-order valence-corrected chi connectivity index (χ1v) is 6.16. The van der Waals surface area contributed by atoms with Gasteiger partial charge in [-0.05, 0) is 37.6 Å². The average molecular weight is 287 g/mol. The van der Waals surface area contributed by atoms with Crippen LogP contribution in [0.4, 0.5) is 5.69 Å². The van der Waals surface area contributed by atoms with Crippen molar-refractivity contribution < 1.29 is 19.6 Å². The fraction of sp³-hybridized carbons (Fsp3) is 0.133. The Hall–Kier alpha value is -2.89. The Morgan fingerprint density at radius 2 is 1.90 bits per heavy atom. The van der Waals surface area contributed by atoms with Crippen LogP contribution in [0.15, 0.2) is 36.4 Å². The van der Waals surface area contributed by atoms with E-state index in [1.807, 2.05) is 0 Å². The van der Waals surface area contributed by atoms with E-state index in [4.69, 9.17) is 9.84 Å². The number of carbonyl (C=O) groups is 1. The van der Waals surface area contributed by atoms with Crippen molar-refractivity contribution in [2.75, 3.05) is 0 Å². The number of nitro benzene ring substituents is 1. The molecule has 2 aromatic carbocycles. The molecular weight excluding hydrogens is 274 g/mol. The number of carboxylic acids is 1. The summed E-state index contributed by atoms with van der Waals surface area (Å²) in [5, 5.41) is 19.9. The molecule has 0 spiro atoms. The molecule has 2 aromatic rings. The van der Waals surface area contributed by atoms with Crippen LogP contribution in [0, 0.1) is 24.0 Å². The molecule has 0 heterocycles. The SMILES string of the molecule is Cc1ccc(C(=O)O)cc1Oc1cccc([N+](=O)[O-])c1C. The number of carboxylic acid groups (broad SMARTS) is 1. The lowest BCUT2D eigenvalue weighted by Crippen LogP contribution is -1.99. The summed E-state index contributed by atoms with van der Waals surface area (Å²) in [4.78, 5) is 21.4.